The molecule has 2 nitrogen and oxygen atoms in total. The average Bonchev–Trinajstić information content (AvgIpc) is 2.44. The van der Waals surface area contributed by atoms with E-state index in [9.17, 15) is 0 Å². The van der Waals surface area contributed by atoms with Crippen molar-refractivity contribution < 1.29 is 4.84 Å². The third kappa shape index (κ3) is 1.08. The zero-order chi connectivity index (χ0) is 8.55. The molecule has 0 unspecified atom stereocenters. The van der Waals surface area contributed by atoms with Crippen LogP contribution in [-0.2, 0) is 0 Å². The molecule has 0 amide bonds. The van der Waals surface area contributed by atoms with Crippen LogP contribution in [0.1, 0.15) is 0 Å². The molecule has 0 aliphatic heterocycles. The van der Waals surface area contributed by atoms with Gasteiger partial charge in [-0.15, -0.1) is 0 Å². The second kappa shape index (κ2) is 2.97. The second-order valence-corrected chi connectivity index (χ2v) is 3.66. The van der Waals surface area contributed by atoms with Gasteiger partial charge in [-0.3, -0.25) is 0 Å². The first-order valence-electron chi connectivity index (χ1n) is 3.63. The molecule has 0 fully saturated rings. The standard InChI is InChI=1S/C9H8INO/c1-12-11-6-8(10)7-4-2-3-5-9(7)11/h2-6H,1H3. The van der Waals surface area contributed by atoms with E-state index < -0.39 is 0 Å². The molecule has 0 aliphatic rings. The van der Waals surface area contributed by atoms with Crippen LogP contribution in [0.25, 0.3) is 10.9 Å². The van der Waals surface area contributed by atoms with Crippen molar-refractivity contribution in [2.45, 2.75) is 0 Å². The van der Waals surface area contributed by atoms with Gasteiger partial charge in [0, 0.05) is 8.96 Å². The van der Waals surface area contributed by atoms with Crippen LogP contribution in [0.4, 0.5) is 0 Å². The van der Waals surface area contributed by atoms with E-state index in [0.29, 0.717) is 0 Å². The molecule has 2 aromatic rings. The summed E-state index contributed by atoms with van der Waals surface area (Å²) < 4.78 is 2.99. The van der Waals surface area contributed by atoms with Gasteiger partial charge in [-0.25, -0.2) is 0 Å². The number of aromatic nitrogens is 1. The van der Waals surface area contributed by atoms with E-state index in [1.165, 1.54) is 8.96 Å². The van der Waals surface area contributed by atoms with E-state index in [0.717, 1.165) is 5.52 Å². The number of hydrogen-bond acceptors (Lipinski definition) is 1. The van der Waals surface area contributed by atoms with Crippen LogP contribution in [0.2, 0.25) is 0 Å². The molecule has 0 radical (unpaired) electrons. The summed E-state index contributed by atoms with van der Waals surface area (Å²) in [6.45, 7) is 0. The predicted octanol–water partition coefficient (Wildman–Crippen LogP) is 2.30. The lowest BCUT2D eigenvalue weighted by Crippen LogP contribution is -2.02. The zero-order valence-corrected chi connectivity index (χ0v) is 8.78. The zero-order valence-electron chi connectivity index (χ0n) is 6.62. The molecule has 3 heteroatoms. The van der Waals surface area contributed by atoms with Crippen LogP contribution in [0.15, 0.2) is 30.5 Å². The third-order valence-electron chi connectivity index (χ3n) is 1.83. The van der Waals surface area contributed by atoms with Crippen LogP contribution in [0.5, 0.6) is 0 Å². The van der Waals surface area contributed by atoms with Crippen molar-refractivity contribution in [1.29, 1.82) is 0 Å². The Bertz CT molecular complexity index is 408. The second-order valence-electron chi connectivity index (χ2n) is 2.50. The lowest BCUT2D eigenvalue weighted by Gasteiger charge is -1.99. The summed E-state index contributed by atoms with van der Waals surface area (Å²) in [6.07, 6.45) is 1.98. The normalized spacial score (nSPS) is 10.5. The maximum Gasteiger partial charge on any atom is 0.104 e. The van der Waals surface area contributed by atoms with Gasteiger partial charge in [0.2, 0.25) is 0 Å². The average molecular weight is 273 g/mol. The Morgan fingerprint density at radius 1 is 1.33 bits per heavy atom. The van der Waals surface area contributed by atoms with Gasteiger partial charge < -0.3 is 4.84 Å². The van der Waals surface area contributed by atoms with E-state index in [2.05, 4.69) is 28.7 Å². The smallest absolute Gasteiger partial charge is 0.104 e. The Balaban J connectivity index is 2.82. The highest BCUT2D eigenvalue weighted by Crippen LogP contribution is 2.21. The van der Waals surface area contributed by atoms with E-state index in [-0.39, 0.29) is 0 Å². The van der Waals surface area contributed by atoms with Crippen molar-refractivity contribution >= 4 is 33.5 Å². The van der Waals surface area contributed by atoms with Gasteiger partial charge >= 0.3 is 0 Å². The van der Waals surface area contributed by atoms with E-state index in [1.54, 1.807) is 11.8 Å². The molecule has 0 spiro atoms. The summed E-state index contributed by atoms with van der Waals surface area (Å²) in [5, 5.41) is 1.24. The van der Waals surface area contributed by atoms with Crippen LogP contribution >= 0.6 is 22.6 Å². The highest BCUT2D eigenvalue weighted by molar-refractivity contribution is 14.1. The Labute approximate surface area is 84.2 Å². The molecule has 0 aliphatic carbocycles. The molecule has 0 atom stereocenters. The molecular weight excluding hydrogens is 265 g/mol. The van der Waals surface area contributed by atoms with E-state index in [1.807, 2.05) is 24.4 Å². The van der Waals surface area contributed by atoms with Crippen molar-refractivity contribution in [2.75, 3.05) is 7.11 Å². The minimum absolute atomic E-state index is 1.12. The summed E-state index contributed by atoms with van der Waals surface area (Å²) in [5.74, 6) is 0. The van der Waals surface area contributed by atoms with Gasteiger partial charge in [-0.2, -0.15) is 4.73 Å². The largest absolute Gasteiger partial charge is 0.417 e. The fourth-order valence-electron chi connectivity index (χ4n) is 1.26. The maximum absolute atomic E-state index is 5.16. The molecule has 2 rings (SSSR count). The van der Waals surface area contributed by atoms with Crippen molar-refractivity contribution in [1.82, 2.24) is 4.73 Å². The predicted molar refractivity (Wildman–Crippen MR) is 57.2 cm³/mol. The summed E-state index contributed by atoms with van der Waals surface area (Å²) in [5.41, 5.74) is 1.12. The topological polar surface area (TPSA) is 14.2 Å². The number of fused-ring (bicyclic) bond motifs is 1. The fraction of sp³-hybridized carbons (Fsp3) is 0.111. The van der Waals surface area contributed by atoms with Crippen molar-refractivity contribution in [2.24, 2.45) is 0 Å². The Hall–Kier alpha value is -0.710. The lowest BCUT2D eigenvalue weighted by molar-refractivity contribution is 0.179. The highest BCUT2D eigenvalue weighted by Gasteiger charge is 2.03. The number of halogens is 1. The summed E-state index contributed by atoms with van der Waals surface area (Å²) >= 11 is 2.30. The molecular formula is C9H8INO. The Morgan fingerprint density at radius 2 is 2.08 bits per heavy atom. The molecule has 0 N–H and O–H groups in total. The van der Waals surface area contributed by atoms with Crippen LogP contribution in [-0.4, -0.2) is 11.8 Å². The first-order chi connectivity index (χ1) is 5.83. The first kappa shape index (κ1) is 7.91. The molecule has 1 heterocycles. The third-order valence-corrected chi connectivity index (χ3v) is 2.69. The van der Waals surface area contributed by atoms with Crippen molar-refractivity contribution in [3.8, 4) is 0 Å². The Kier molecular flexibility index (Phi) is 1.96. The molecule has 0 saturated heterocycles. The van der Waals surface area contributed by atoms with Crippen LogP contribution in [0, 0.1) is 3.57 Å². The molecule has 0 bridgehead atoms. The van der Waals surface area contributed by atoms with E-state index >= 15 is 0 Å². The van der Waals surface area contributed by atoms with Gasteiger partial charge in [0.1, 0.15) is 7.11 Å². The number of hydrogen-bond donors (Lipinski definition) is 0. The van der Waals surface area contributed by atoms with Crippen molar-refractivity contribution in [3.63, 3.8) is 0 Å². The SMILES string of the molecule is COn1cc(I)c2ccccc21. The van der Waals surface area contributed by atoms with Gasteiger partial charge in [0.15, 0.2) is 0 Å². The molecule has 62 valence electrons. The fourth-order valence-corrected chi connectivity index (χ4v) is 1.97. The van der Waals surface area contributed by atoms with Crippen LogP contribution < -0.4 is 4.84 Å². The van der Waals surface area contributed by atoms with Gasteiger partial charge in [0.25, 0.3) is 0 Å². The quantitative estimate of drug-likeness (QED) is 0.727. The highest BCUT2D eigenvalue weighted by atomic mass is 127. The minimum Gasteiger partial charge on any atom is -0.417 e. The monoisotopic (exact) mass is 273 g/mol. The lowest BCUT2D eigenvalue weighted by atomic mass is 10.3. The summed E-state index contributed by atoms with van der Waals surface area (Å²) in [6, 6.07) is 8.17. The first-order valence-corrected chi connectivity index (χ1v) is 4.71. The van der Waals surface area contributed by atoms with Gasteiger partial charge in [-0.1, -0.05) is 18.2 Å². The number of rotatable bonds is 1. The van der Waals surface area contributed by atoms with Gasteiger partial charge in [0.05, 0.1) is 11.7 Å². The van der Waals surface area contributed by atoms with Crippen LogP contribution in [0.3, 0.4) is 0 Å². The molecule has 1 aromatic heterocycles. The summed E-state index contributed by atoms with van der Waals surface area (Å²) in [4.78, 5) is 5.16. The number of benzene rings is 1. The van der Waals surface area contributed by atoms with Gasteiger partial charge in [-0.05, 0) is 28.7 Å². The molecule has 0 saturated carbocycles. The summed E-state index contributed by atoms with van der Waals surface area (Å²) in [7, 11) is 1.67. The molecule has 12 heavy (non-hydrogen) atoms. The number of nitrogens with zero attached hydrogens (tertiary/aromatic N) is 1. The van der Waals surface area contributed by atoms with Crippen molar-refractivity contribution in [3.05, 3.63) is 34.0 Å². The Morgan fingerprint density at radius 3 is 2.83 bits per heavy atom. The maximum atomic E-state index is 5.16. The molecule has 1 aromatic carbocycles. The minimum atomic E-state index is 1.12. The number of para-hydroxylation sites is 1. The van der Waals surface area contributed by atoms with E-state index in [4.69, 9.17) is 4.84 Å².